The number of hydrogen-bond acceptors (Lipinski definition) is 3. The monoisotopic (exact) mass is 348 g/mol. The van der Waals surface area contributed by atoms with Gasteiger partial charge in [-0.2, -0.15) is 0 Å². The molecule has 0 aromatic heterocycles. The fourth-order valence-corrected chi connectivity index (χ4v) is 2.54. The predicted octanol–water partition coefficient (Wildman–Crippen LogP) is 3.53. The first kappa shape index (κ1) is 15.4. The van der Waals surface area contributed by atoms with E-state index < -0.39 is 0 Å². The number of rotatable bonds is 4. The molecule has 0 aliphatic rings. The number of nitrogens with two attached hydrogens (primary N) is 1. The van der Waals surface area contributed by atoms with Crippen molar-refractivity contribution in [2.75, 3.05) is 12.8 Å². The number of ether oxygens (including phenoxy) is 1. The zero-order chi connectivity index (χ0) is 15.4. The van der Waals surface area contributed by atoms with Gasteiger partial charge >= 0.3 is 0 Å². The Bertz CT molecular complexity index is 658. The van der Waals surface area contributed by atoms with Crippen LogP contribution in [0.2, 0.25) is 0 Å². The number of benzene rings is 2. The van der Waals surface area contributed by atoms with Crippen LogP contribution in [0.25, 0.3) is 0 Å². The fourth-order valence-electron chi connectivity index (χ4n) is 2.00. The Labute approximate surface area is 132 Å². The predicted molar refractivity (Wildman–Crippen MR) is 87.4 cm³/mol. The van der Waals surface area contributed by atoms with Crippen LogP contribution in [0.5, 0.6) is 5.75 Å². The fraction of sp³-hybridized carbons (Fsp3) is 0.188. The summed E-state index contributed by atoms with van der Waals surface area (Å²) in [6.07, 6.45) is 0. The summed E-state index contributed by atoms with van der Waals surface area (Å²) in [6.45, 7) is 1.92. The van der Waals surface area contributed by atoms with Gasteiger partial charge in [0.15, 0.2) is 0 Å². The smallest absolute Gasteiger partial charge is 0.251 e. The summed E-state index contributed by atoms with van der Waals surface area (Å²) in [5.74, 6) is 0.545. The molecule has 2 aromatic rings. The lowest BCUT2D eigenvalue weighted by atomic mass is 10.1. The Morgan fingerprint density at radius 3 is 2.67 bits per heavy atom. The number of halogens is 1. The molecule has 0 heterocycles. The number of carbonyl (C=O) groups excluding carboxylic acids is 1. The molecule has 0 aliphatic heterocycles. The first-order valence-electron chi connectivity index (χ1n) is 6.51. The van der Waals surface area contributed by atoms with E-state index in [1.54, 1.807) is 25.3 Å². The highest BCUT2D eigenvalue weighted by Gasteiger charge is 2.13. The summed E-state index contributed by atoms with van der Waals surface area (Å²) >= 11 is 3.37. The first-order chi connectivity index (χ1) is 10.0. The van der Waals surface area contributed by atoms with E-state index >= 15 is 0 Å². The highest BCUT2D eigenvalue weighted by molar-refractivity contribution is 9.10. The second kappa shape index (κ2) is 6.63. The maximum absolute atomic E-state index is 12.3. The van der Waals surface area contributed by atoms with Crippen LogP contribution in [0.1, 0.15) is 28.9 Å². The van der Waals surface area contributed by atoms with Gasteiger partial charge in [-0.1, -0.05) is 12.1 Å². The summed E-state index contributed by atoms with van der Waals surface area (Å²) in [4.78, 5) is 12.3. The lowest BCUT2D eigenvalue weighted by Crippen LogP contribution is -2.26. The van der Waals surface area contributed by atoms with E-state index in [0.717, 1.165) is 10.0 Å². The number of anilines is 1. The van der Waals surface area contributed by atoms with Crippen molar-refractivity contribution < 1.29 is 9.53 Å². The van der Waals surface area contributed by atoms with Crippen LogP contribution in [-0.2, 0) is 0 Å². The van der Waals surface area contributed by atoms with Gasteiger partial charge in [-0.05, 0) is 58.7 Å². The molecule has 0 saturated carbocycles. The molecule has 3 N–H and O–H groups in total. The second-order valence-corrected chi connectivity index (χ2v) is 5.57. The van der Waals surface area contributed by atoms with Crippen LogP contribution in [0.4, 0.5) is 5.69 Å². The lowest BCUT2D eigenvalue weighted by molar-refractivity contribution is 0.0940. The Hall–Kier alpha value is -2.01. The van der Waals surface area contributed by atoms with Gasteiger partial charge < -0.3 is 15.8 Å². The van der Waals surface area contributed by atoms with Crippen LogP contribution in [-0.4, -0.2) is 13.0 Å². The van der Waals surface area contributed by atoms with Gasteiger partial charge in [0.25, 0.3) is 5.91 Å². The summed E-state index contributed by atoms with van der Waals surface area (Å²) in [5.41, 5.74) is 7.98. The second-order valence-electron chi connectivity index (χ2n) is 4.71. The molecule has 0 spiro atoms. The van der Waals surface area contributed by atoms with E-state index in [2.05, 4.69) is 21.2 Å². The minimum absolute atomic E-state index is 0.123. The molecular weight excluding hydrogens is 332 g/mol. The zero-order valence-corrected chi connectivity index (χ0v) is 13.5. The van der Waals surface area contributed by atoms with Crippen LogP contribution in [0.15, 0.2) is 46.9 Å². The van der Waals surface area contributed by atoms with Crippen molar-refractivity contribution in [2.24, 2.45) is 0 Å². The molecule has 0 radical (unpaired) electrons. The molecule has 4 nitrogen and oxygen atoms in total. The number of nitrogens with one attached hydrogen (secondary N) is 1. The molecule has 0 bridgehead atoms. The van der Waals surface area contributed by atoms with Crippen LogP contribution in [0.3, 0.4) is 0 Å². The lowest BCUT2D eigenvalue weighted by Gasteiger charge is -2.15. The number of hydrogen-bond donors (Lipinski definition) is 2. The largest absolute Gasteiger partial charge is 0.496 e. The van der Waals surface area contributed by atoms with Crippen molar-refractivity contribution >= 4 is 27.5 Å². The number of amides is 1. The van der Waals surface area contributed by atoms with Crippen LogP contribution < -0.4 is 15.8 Å². The van der Waals surface area contributed by atoms with Crippen molar-refractivity contribution in [1.29, 1.82) is 0 Å². The Kier molecular flexibility index (Phi) is 4.85. The molecule has 2 aromatic carbocycles. The summed E-state index contributed by atoms with van der Waals surface area (Å²) in [5, 5.41) is 2.95. The molecule has 0 aliphatic carbocycles. The van der Waals surface area contributed by atoms with Crippen LogP contribution in [0, 0.1) is 0 Å². The molecule has 5 heteroatoms. The maximum Gasteiger partial charge on any atom is 0.251 e. The van der Waals surface area contributed by atoms with E-state index in [1.807, 2.05) is 31.2 Å². The highest BCUT2D eigenvalue weighted by Crippen LogP contribution is 2.26. The van der Waals surface area contributed by atoms with E-state index in [1.165, 1.54) is 0 Å². The Balaban J connectivity index is 2.12. The maximum atomic E-state index is 12.3. The summed E-state index contributed by atoms with van der Waals surface area (Å²) in [7, 11) is 1.59. The van der Waals surface area contributed by atoms with Crippen molar-refractivity contribution in [1.82, 2.24) is 5.32 Å². The number of carbonyl (C=O) groups is 1. The molecule has 2 rings (SSSR count). The summed E-state index contributed by atoms with van der Waals surface area (Å²) in [6, 6.07) is 12.6. The third-order valence-corrected chi connectivity index (χ3v) is 3.79. The minimum atomic E-state index is -0.145. The SMILES string of the molecule is COc1ccc(C(=O)NC(C)c2cccc(N)c2)cc1Br. The topological polar surface area (TPSA) is 64.3 Å². The molecule has 1 unspecified atom stereocenters. The number of methoxy groups -OCH3 is 1. The summed E-state index contributed by atoms with van der Waals surface area (Å²) < 4.78 is 5.90. The van der Waals surface area contributed by atoms with Gasteiger partial charge in [-0.15, -0.1) is 0 Å². The Morgan fingerprint density at radius 1 is 1.29 bits per heavy atom. The average Bonchev–Trinajstić information content (AvgIpc) is 2.47. The zero-order valence-electron chi connectivity index (χ0n) is 11.9. The molecule has 21 heavy (non-hydrogen) atoms. The van der Waals surface area contributed by atoms with Gasteiger partial charge in [0, 0.05) is 11.3 Å². The normalized spacial score (nSPS) is 11.8. The van der Waals surface area contributed by atoms with Crippen molar-refractivity contribution in [2.45, 2.75) is 13.0 Å². The van der Waals surface area contributed by atoms with Gasteiger partial charge in [0.2, 0.25) is 0 Å². The molecule has 110 valence electrons. The average molecular weight is 349 g/mol. The first-order valence-corrected chi connectivity index (χ1v) is 7.30. The van der Waals surface area contributed by atoms with E-state index in [-0.39, 0.29) is 11.9 Å². The molecule has 0 saturated heterocycles. The molecule has 1 amide bonds. The minimum Gasteiger partial charge on any atom is -0.496 e. The van der Waals surface area contributed by atoms with E-state index in [0.29, 0.717) is 17.0 Å². The third-order valence-electron chi connectivity index (χ3n) is 3.17. The standard InChI is InChI=1S/C16H17BrN2O2/c1-10(11-4-3-5-13(18)8-11)19-16(20)12-6-7-15(21-2)14(17)9-12/h3-10H,18H2,1-2H3,(H,19,20). The van der Waals surface area contributed by atoms with Crippen molar-refractivity contribution in [3.8, 4) is 5.75 Å². The van der Waals surface area contributed by atoms with Crippen molar-refractivity contribution in [3.05, 3.63) is 58.1 Å². The molecular formula is C16H17BrN2O2. The molecule has 1 atom stereocenters. The quantitative estimate of drug-likeness (QED) is 0.830. The third kappa shape index (κ3) is 3.76. The van der Waals surface area contributed by atoms with Crippen LogP contribution >= 0.6 is 15.9 Å². The van der Waals surface area contributed by atoms with E-state index in [9.17, 15) is 4.79 Å². The number of nitrogen functional groups attached to an aromatic ring is 1. The Morgan fingerprint density at radius 2 is 2.05 bits per heavy atom. The van der Waals surface area contributed by atoms with E-state index in [4.69, 9.17) is 10.5 Å². The van der Waals surface area contributed by atoms with Gasteiger partial charge in [-0.3, -0.25) is 4.79 Å². The van der Waals surface area contributed by atoms with Gasteiger partial charge in [-0.25, -0.2) is 0 Å². The highest BCUT2D eigenvalue weighted by atomic mass is 79.9. The van der Waals surface area contributed by atoms with Gasteiger partial charge in [0.05, 0.1) is 17.6 Å². The molecule has 0 fully saturated rings. The van der Waals surface area contributed by atoms with Crippen molar-refractivity contribution in [3.63, 3.8) is 0 Å². The van der Waals surface area contributed by atoms with Gasteiger partial charge in [0.1, 0.15) is 5.75 Å².